The highest BCUT2D eigenvalue weighted by Gasteiger charge is 2.45. The SMILES string of the molecule is CS(=O)(=O)OCC1NC(=O)C1C(=O)NOS(C)(=O)=O. The van der Waals surface area contributed by atoms with Crippen molar-refractivity contribution < 1.29 is 34.9 Å². The topological polar surface area (TPSA) is 145 Å². The Bertz CT molecular complexity index is 580. The first-order valence-electron chi connectivity index (χ1n) is 4.83. The Kier molecular flexibility index (Phi) is 4.50. The first-order valence-corrected chi connectivity index (χ1v) is 8.46. The number of carbonyl (C=O) groups is 2. The molecule has 1 fully saturated rings. The van der Waals surface area contributed by atoms with Gasteiger partial charge in [-0.05, 0) is 0 Å². The van der Waals surface area contributed by atoms with Gasteiger partial charge < -0.3 is 5.32 Å². The molecule has 2 atom stereocenters. The fourth-order valence-corrected chi connectivity index (χ4v) is 1.89. The molecule has 0 radical (unpaired) electrons. The third-order valence-corrected chi connectivity index (χ3v) is 3.00. The van der Waals surface area contributed by atoms with E-state index in [1.165, 1.54) is 0 Å². The van der Waals surface area contributed by atoms with Crippen molar-refractivity contribution in [2.75, 3.05) is 19.1 Å². The molecule has 1 rings (SSSR count). The van der Waals surface area contributed by atoms with Gasteiger partial charge in [0.25, 0.3) is 26.1 Å². The molecule has 1 aliphatic heterocycles. The highest BCUT2D eigenvalue weighted by atomic mass is 32.2. The van der Waals surface area contributed by atoms with Crippen LogP contribution in [0.4, 0.5) is 0 Å². The quantitative estimate of drug-likeness (QED) is 0.229. The summed E-state index contributed by atoms with van der Waals surface area (Å²) >= 11 is 0. The average molecular weight is 316 g/mol. The van der Waals surface area contributed by atoms with E-state index in [0.717, 1.165) is 6.26 Å². The number of hydroxylamine groups is 1. The fraction of sp³-hybridized carbons (Fsp3) is 0.714. The molecule has 0 bridgehead atoms. The van der Waals surface area contributed by atoms with Crippen molar-refractivity contribution in [1.29, 1.82) is 0 Å². The van der Waals surface area contributed by atoms with Crippen molar-refractivity contribution >= 4 is 32.1 Å². The van der Waals surface area contributed by atoms with Crippen molar-refractivity contribution in [3.05, 3.63) is 0 Å². The lowest BCUT2D eigenvalue weighted by Crippen LogP contribution is -2.65. The van der Waals surface area contributed by atoms with E-state index in [1.807, 2.05) is 0 Å². The number of amides is 2. The Morgan fingerprint density at radius 3 is 2.26 bits per heavy atom. The number of β-lactam (4-membered cyclic amide) rings is 1. The zero-order valence-corrected chi connectivity index (χ0v) is 11.6. The lowest BCUT2D eigenvalue weighted by Gasteiger charge is -2.34. The van der Waals surface area contributed by atoms with E-state index in [0.29, 0.717) is 6.26 Å². The van der Waals surface area contributed by atoms with Gasteiger partial charge in [-0.2, -0.15) is 16.8 Å². The summed E-state index contributed by atoms with van der Waals surface area (Å²) in [7, 11) is -7.61. The van der Waals surface area contributed by atoms with Crippen molar-refractivity contribution in [1.82, 2.24) is 10.8 Å². The van der Waals surface area contributed by atoms with Gasteiger partial charge in [-0.1, -0.05) is 0 Å². The zero-order chi connectivity index (χ0) is 14.8. The summed E-state index contributed by atoms with van der Waals surface area (Å²) in [6.45, 7) is -0.429. The van der Waals surface area contributed by atoms with Crippen LogP contribution in [0, 0.1) is 5.92 Å². The lowest BCUT2D eigenvalue weighted by atomic mass is 9.90. The third kappa shape index (κ3) is 5.10. The Balaban J connectivity index is 2.55. The second-order valence-electron chi connectivity index (χ2n) is 3.84. The molecule has 19 heavy (non-hydrogen) atoms. The molecular formula is C7H12N2O8S2. The Hall–Kier alpha value is -1.24. The number of hydrogen-bond acceptors (Lipinski definition) is 8. The first-order chi connectivity index (χ1) is 8.49. The molecule has 12 heteroatoms. The second kappa shape index (κ2) is 5.40. The maximum atomic E-state index is 11.5. The summed E-state index contributed by atoms with van der Waals surface area (Å²) in [4.78, 5) is 22.6. The standard InChI is InChI=1S/C7H12N2O8S2/c1-18(12,13)16-3-4-5(6(10)8-4)7(11)9-17-19(2,14)15/h4-5H,3H2,1-2H3,(H,8,10)(H,9,11). The maximum absolute atomic E-state index is 11.5. The van der Waals surface area contributed by atoms with Crippen LogP contribution in [0.2, 0.25) is 0 Å². The van der Waals surface area contributed by atoms with Gasteiger partial charge in [0.2, 0.25) is 5.91 Å². The van der Waals surface area contributed by atoms with Gasteiger partial charge in [0.15, 0.2) is 0 Å². The highest BCUT2D eigenvalue weighted by Crippen LogP contribution is 2.16. The number of rotatable bonds is 6. The molecule has 2 amide bonds. The van der Waals surface area contributed by atoms with E-state index in [2.05, 4.69) is 13.8 Å². The van der Waals surface area contributed by atoms with Gasteiger partial charge in [0.05, 0.1) is 25.2 Å². The van der Waals surface area contributed by atoms with Crippen LogP contribution < -0.4 is 10.8 Å². The van der Waals surface area contributed by atoms with Gasteiger partial charge in [0, 0.05) is 0 Å². The first kappa shape index (κ1) is 15.8. The minimum absolute atomic E-state index is 0.429. The predicted molar refractivity (Wildman–Crippen MR) is 60.3 cm³/mol. The average Bonchev–Trinajstić information content (AvgIpc) is 2.18. The van der Waals surface area contributed by atoms with E-state index in [4.69, 9.17) is 0 Å². The van der Waals surface area contributed by atoms with Crippen LogP contribution in [-0.4, -0.2) is 53.8 Å². The van der Waals surface area contributed by atoms with Crippen LogP contribution in [0.3, 0.4) is 0 Å². The van der Waals surface area contributed by atoms with Gasteiger partial charge in [0.1, 0.15) is 5.92 Å². The van der Waals surface area contributed by atoms with Crippen LogP contribution in [0.1, 0.15) is 0 Å². The Labute approximate surface area is 109 Å². The summed E-state index contributed by atoms with van der Waals surface area (Å²) in [5, 5.41) is 2.25. The van der Waals surface area contributed by atoms with Crippen LogP contribution in [0.25, 0.3) is 0 Å². The minimum atomic E-state index is -3.90. The molecule has 10 nitrogen and oxygen atoms in total. The maximum Gasteiger partial charge on any atom is 0.285 e. The highest BCUT2D eigenvalue weighted by molar-refractivity contribution is 7.86. The second-order valence-corrected chi connectivity index (χ2v) is 7.05. The molecule has 2 N–H and O–H groups in total. The predicted octanol–water partition coefficient (Wildman–Crippen LogP) is -2.92. The molecule has 0 aliphatic carbocycles. The van der Waals surface area contributed by atoms with Gasteiger partial charge in [-0.25, -0.2) is 5.48 Å². The number of carbonyl (C=O) groups excluding carboxylic acids is 2. The molecular weight excluding hydrogens is 304 g/mol. The van der Waals surface area contributed by atoms with Gasteiger partial charge >= 0.3 is 0 Å². The molecule has 0 aromatic heterocycles. The van der Waals surface area contributed by atoms with Crippen molar-refractivity contribution in [2.45, 2.75) is 6.04 Å². The summed E-state index contributed by atoms with van der Waals surface area (Å²) in [6, 6.07) is -0.870. The third-order valence-electron chi connectivity index (χ3n) is 2.05. The molecule has 1 saturated heterocycles. The molecule has 1 aliphatic rings. The summed E-state index contributed by atoms with van der Waals surface area (Å²) < 4.78 is 51.2. The Morgan fingerprint density at radius 2 is 1.84 bits per heavy atom. The molecule has 0 aromatic carbocycles. The molecule has 2 unspecified atom stereocenters. The van der Waals surface area contributed by atoms with Crippen LogP contribution in [0.5, 0.6) is 0 Å². The van der Waals surface area contributed by atoms with E-state index in [-0.39, 0.29) is 0 Å². The van der Waals surface area contributed by atoms with Gasteiger partial charge in [-0.3, -0.25) is 13.8 Å². The fourth-order valence-electron chi connectivity index (χ4n) is 1.26. The molecule has 0 aromatic rings. The molecule has 110 valence electrons. The van der Waals surface area contributed by atoms with Crippen LogP contribution in [-0.2, 0) is 38.3 Å². The summed E-state index contributed by atoms with van der Waals surface area (Å²) in [6.07, 6.45) is 1.52. The van der Waals surface area contributed by atoms with Crippen LogP contribution >= 0.6 is 0 Å². The number of hydrogen-bond donors (Lipinski definition) is 2. The smallest absolute Gasteiger partial charge is 0.285 e. The molecule has 0 saturated carbocycles. The largest absolute Gasteiger partial charge is 0.349 e. The van der Waals surface area contributed by atoms with Crippen molar-refractivity contribution in [3.8, 4) is 0 Å². The van der Waals surface area contributed by atoms with E-state index >= 15 is 0 Å². The normalized spacial score (nSPS) is 23.4. The number of nitrogens with one attached hydrogen (secondary N) is 2. The summed E-state index contributed by atoms with van der Waals surface area (Å²) in [5.74, 6) is -2.96. The van der Waals surface area contributed by atoms with E-state index < -0.39 is 50.6 Å². The lowest BCUT2D eigenvalue weighted by molar-refractivity contribution is -0.149. The zero-order valence-electron chi connectivity index (χ0n) is 9.94. The van der Waals surface area contributed by atoms with Gasteiger partial charge in [-0.15, -0.1) is 4.28 Å². The monoisotopic (exact) mass is 316 g/mol. The van der Waals surface area contributed by atoms with E-state index in [9.17, 15) is 26.4 Å². The summed E-state index contributed by atoms with van der Waals surface area (Å²) in [5.41, 5.74) is 1.59. The van der Waals surface area contributed by atoms with Crippen LogP contribution in [0.15, 0.2) is 0 Å². The van der Waals surface area contributed by atoms with E-state index in [1.54, 1.807) is 5.48 Å². The molecule has 1 heterocycles. The molecule has 0 spiro atoms. The Morgan fingerprint density at radius 1 is 1.26 bits per heavy atom. The minimum Gasteiger partial charge on any atom is -0.349 e. The van der Waals surface area contributed by atoms with Crippen molar-refractivity contribution in [3.63, 3.8) is 0 Å². The van der Waals surface area contributed by atoms with Crippen molar-refractivity contribution in [2.24, 2.45) is 5.92 Å².